The molecule has 0 spiro atoms. The van der Waals surface area contributed by atoms with Crippen LogP contribution in [0.2, 0.25) is 0 Å². The van der Waals surface area contributed by atoms with E-state index in [1.54, 1.807) is 0 Å². The van der Waals surface area contributed by atoms with Crippen LogP contribution in [0.3, 0.4) is 0 Å². The largest absolute Gasteiger partial charge is 0.382 e. The van der Waals surface area contributed by atoms with Gasteiger partial charge in [-0.1, -0.05) is 25.8 Å². The first-order valence-electron chi connectivity index (χ1n) is 6.48. The van der Waals surface area contributed by atoms with Crippen molar-refractivity contribution in [3.05, 3.63) is 29.3 Å². The van der Waals surface area contributed by atoms with Gasteiger partial charge < -0.3 is 5.32 Å². The van der Waals surface area contributed by atoms with E-state index in [9.17, 15) is 0 Å². The normalized spacial score (nSPS) is 25.4. The lowest BCUT2D eigenvalue weighted by atomic mass is 9.87. The van der Waals surface area contributed by atoms with Crippen molar-refractivity contribution < 1.29 is 0 Å². The van der Waals surface area contributed by atoms with Crippen molar-refractivity contribution in [2.45, 2.75) is 52.5 Å². The first kappa shape index (κ1) is 11.5. The third-order valence-electron chi connectivity index (χ3n) is 3.53. The zero-order chi connectivity index (χ0) is 11.5. The third-order valence-corrected chi connectivity index (χ3v) is 3.53. The SMILES string of the molecule is Cc1cc(C)cc(NC2CCCC(C)C2)c1. The highest BCUT2D eigenvalue weighted by molar-refractivity contribution is 5.49. The van der Waals surface area contributed by atoms with E-state index in [2.05, 4.69) is 44.3 Å². The number of nitrogens with one attached hydrogen (secondary N) is 1. The number of aryl methyl sites for hydroxylation is 2. The Bertz CT molecular complexity index is 336. The molecule has 16 heavy (non-hydrogen) atoms. The summed E-state index contributed by atoms with van der Waals surface area (Å²) >= 11 is 0. The standard InChI is InChI=1S/C15H23N/c1-11-5-4-6-14(8-11)16-15-9-12(2)7-13(3)10-15/h7,9-11,14,16H,4-6,8H2,1-3H3. The van der Waals surface area contributed by atoms with Gasteiger partial charge in [0, 0.05) is 11.7 Å². The van der Waals surface area contributed by atoms with E-state index in [4.69, 9.17) is 0 Å². The quantitative estimate of drug-likeness (QED) is 0.779. The Balaban J connectivity index is 2.02. The Morgan fingerprint density at radius 3 is 2.38 bits per heavy atom. The average Bonchev–Trinajstić information content (AvgIpc) is 2.15. The summed E-state index contributed by atoms with van der Waals surface area (Å²) in [6.45, 7) is 6.71. The molecule has 0 radical (unpaired) electrons. The van der Waals surface area contributed by atoms with E-state index < -0.39 is 0 Å². The number of anilines is 1. The summed E-state index contributed by atoms with van der Waals surface area (Å²) in [6.07, 6.45) is 5.44. The number of rotatable bonds is 2. The molecular formula is C15H23N. The van der Waals surface area contributed by atoms with Gasteiger partial charge in [0.1, 0.15) is 0 Å². The van der Waals surface area contributed by atoms with E-state index in [0.29, 0.717) is 6.04 Å². The highest BCUT2D eigenvalue weighted by atomic mass is 14.9. The van der Waals surface area contributed by atoms with Crippen LogP contribution >= 0.6 is 0 Å². The minimum absolute atomic E-state index is 0.685. The number of benzene rings is 1. The van der Waals surface area contributed by atoms with Crippen LogP contribution in [0.1, 0.15) is 43.7 Å². The Kier molecular flexibility index (Phi) is 3.52. The first-order valence-corrected chi connectivity index (χ1v) is 6.48. The van der Waals surface area contributed by atoms with Crippen molar-refractivity contribution in [1.82, 2.24) is 0 Å². The lowest BCUT2D eigenvalue weighted by molar-refractivity contribution is 0.358. The molecule has 0 aliphatic heterocycles. The molecule has 2 rings (SSSR count). The second kappa shape index (κ2) is 4.90. The molecule has 0 aromatic heterocycles. The van der Waals surface area contributed by atoms with Crippen molar-refractivity contribution in [2.24, 2.45) is 5.92 Å². The lowest BCUT2D eigenvalue weighted by Gasteiger charge is -2.28. The van der Waals surface area contributed by atoms with Crippen LogP contribution < -0.4 is 5.32 Å². The molecule has 1 aromatic rings. The summed E-state index contributed by atoms with van der Waals surface area (Å²) in [7, 11) is 0. The molecule has 2 atom stereocenters. The van der Waals surface area contributed by atoms with E-state index in [0.717, 1.165) is 5.92 Å². The fourth-order valence-electron chi connectivity index (χ4n) is 2.86. The van der Waals surface area contributed by atoms with Gasteiger partial charge in [0.2, 0.25) is 0 Å². The molecule has 1 aromatic carbocycles. The first-order chi connectivity index (χ1) is 7.63. The lowest BCUT2D eigenvalue weighted by Crippen LogP contribution is -2.26. The van der Waals surface area contributed by atoms with Crippen molar-refractivity contribution in [3.8, 4) is 0 Å². The van der Waals surface area contributed by atoms with E-state index in [1.165, 1.54) is 42.5 Å². The zero-order valence-electron chi connectivity index (χ0n) is 10.7. The van der Waals surface area contributed by atoms with Gasteiger partial charge in [-0.3, -0.25) is 0 Å². The summed E-state index contributed by atoms with van der Waals surface area (Å²) in [4.78, 5) is 0. The molecule has 2 unspecified atom stereocenters. The van der Waals surface area contributed by atoms with Crippen LogP contribution in [0.5, 0.6) is 0 Å². The summed E-state index contributed by atoms with van der Waals surface area (Å²) in [6, 6.07) is 7.43. The fourth-order valence-corrected chi connectivity index (χ4v) is 2.86. The predicted molar refractivity (Wildman–Crippen MR) is 71.0 cm³/mol. The summed E-state index contributed by atoms with van der Waals surface area (Å²) in [5, 5.41) is 3.69. The van der Waals surface area contributed by atoms with Crippen LogP contribution in [-0.2, 0) is 0 Å². The molecule has 1 N–H and O–H groups in total. The van der Waals surface area contributed by atoms with Gasteiger partial charge in [0.25, 0.3) is 0 Å². The second-order valence-electron chi connectivity index (χ2n) is 5.49. The summed E-state index contributed by atoms with van der Waals surface area (Å²) in [5.74, 6) is 0.886. The van der Waals surface area contributed by atoms with E-state index >= 15 is 0 Å². The molecule has 1 nitrogen and oxygen atoms in total. The summed E-state index contributed by atoms with van der Waals surface area (Å²) < 4.78 is 0. The highest BCUT2D eigenvalue weighted by Gasteiger charge is 2.18. The fraction of sp³-hybridized carbons (Fsp3) is 0.600. The Labute approximate surface area is 99.3 Å². The number of hydrogen-bond acceptors (Lipinski definition) is 1. The molecular weight excluding hydrogens is 194 g/mol. The van der Waals surface area contributed by atoms with Crippen LogP contribution in [-0.4, -0.2) is 6.04 Å². The predicted octanol–water partition coefficient (Wildman–Crippen LogP) is 4.29. The highest BCUT2D eigenvalue weighted by Crippen LogP contribution is 2.26. The minimum Gasteiger partial charge on any atom is -0.382 e. The molecule has 1 aliphatic carbocycles. The number of hydrogen-bond donors (Lipinski definition) is 1. The average molecular weight is 217 g/mol. The van der Waals surface area contributed by atoms with Gasteiger partial charge in [0.05, 0.1) is 0 Å². The topological polar surface area (TPSA) is 12.0 Å². The van der Waals surface area contributed by atoms with Gasteiger partial charge >= 0.3 is 0 Å². The molecule has 0 heterocycles. The molecule has 88 valence electrons. The Hall–Kier alpha value is -0.980. The molecule has 1 heteroatoms. The monoisotopic (exact) mass is 217 g/mol. The maximum Gasteiger partial charge on any atom is 0.0347 e. The van der Waals surface area contributed by atoms with Crippen LogP contribution in [0.4, 0.5) is 5.69 Å². The van der Waals surface area contributed by atoms with Gasteiger partial charge in [-0.2, -0.15) is 0 Å². The van der Waals surface area contributed by atoms with Gasteiger partial charge in [-0.05, 0) is 55.9 Å². The van der Waals surface area contributed by atoms with Gasteiger partial charge in [-0.15, -0.1) is 0 Å². The van der Waals surface area contributed by atoms with Crippen LogP contribution in [0.15, 0.2) is 18.2 Å². The van der Waals surface area contributed by atoms with Crippen LogP contribution in [0, 0.1) is 19.8 Å². The Morgan fingerprint density at radius 1 is 1.06 bits per heavy atom. The molecule has 1 aliphatic rings. The third kappa shape index (κ3) is 3.01. The smallest absolute Gasteiger partial charge is 0.0347 e. The zero-order valence-corrected chi connectivity index (χ0v) is 10.7. The molecule has 1 saturated carbocycles. The van der Waals surface area contributed by atoms with E-state index in [-0.39, 0.29) is 0 Å². The molecule has 0 saturated heterocycles. The Morgan fingerprint density at radius 2 is 1.75 bits per heavy atom. The van der Waals surface area contributed by atoms with Crippen molar-refractivity contribution in [1.29, 1.82) is 0 Å². The maximum absolute atomic E-state index is 3.69. The van der Waals surface area contributed by atoms with Gasteiger partial charge in [-0.25, -0.2) is 0 Å². The van der Waals surface area contributed by atoms with Crippen molar-refractivity contribution >= 4 is 5.69 Å². The van der Waals surface area contributed by atoms with E-state index in [1.807, 2.05) is 0 Å². The van der Waals surface area contributed by atoms with Crippen LogP contribution in [0.25, 0.3) is 0 Å². The molecule has 0 bridgehead atoms. The molecule has 0 amide bonds. The molecule has 1 fully saturated rings. The van der Waals surface area contributed by atoms with Crippen molar-refractivity contribution in [2.75, 3.05) is 5.32 Å². The summed E-state index contributed by atoms with van der Waals surface area (Å²) in [5.41, 5.74) is 4.01. The second-order valence-corrected chi connectivity index (χ2v) is 5.49. The van der Waals surface area contributed by atoms with Crippen molar-refractivity contribution in [3.63, 3.8) is 0 Å². The van der Waals surface area contributed by atoms with Gasteiger partial charge in [0.15, 0.2) is 0 Å². The maximum atomic E-state index is 3.69. The minimum atomic E-state index is 0.685.